The van der Waals surface area contributed by atoms with Crippen LogP contribution in [0, 0.1) is 5.41 Å². The van der Waals surface area contributed by atoms with E-state index >= 15 is 0 Å². The van der Waals surface area contributed by atoms with Crippen molar-refractivity contribution in [2.24, 2.45) is 5.41 Å². The molecule has 0 spiro atoms. The number of hydrogen-bond acceptors (Lipinski definition) is 2. The van der Waals surface area contributed by atoms with Crippen molar-refractivity contribution in [3.05, 3.63) is 24.3 Å². The lowest BCUT2D eigenvalue weighted by molar-refractivity contribution is -0.0328. The molecule has 112 valence electrons. The van der Waals surface area contributed by atoms with Crippen LogP contribution >= 0.6 is 11.8 Å². The summed E-state index contributed by atoms with van der Waals surface area (Å²) < 4.78 is 36.7. The van der Waals surface area contributed by atoms with E-state index < -0.39 is 5.51 Å². The van der Waals surface area contributed by atoms with Gasteiger partial charge in [0.05, 0.1) is 0 Å². The lowest BCUT2D eigenvalue weighted by Gasteiger charge is -2.35. The van der Waals surface area contributed by atoms with Gasteiger partial charge in [0.25, 0.3) is 0 Å². The maximum atomic E-state index is 12.2. The smallest absolute Gasteiger partial charge is 0.382 e. The molecule has 0 aliphatic heterocycles. The van der Waals surface area contributed by atoms with E-state index in [0.29, 0.717) is 11.5 Å². The highest BCUT2D eigenvalue weighted by Crippen LogP contribution is 2.38. The fraction of sp³-hybridized carbons (Fsp3) is 0.600. The minimum Gasteiger partial charge on any atom is -0.382 e. The van der Waals surface area contributed by atoms with Crippen molar-refractivity contribution in [3.8, 4) is 0 Å². The van der Waals surface area contributed by atoms with Crippen molar-refractivity contribution >= 4 is 17.4 Å². The molecule has 1 aromatic carbocycles. The summed E-state index contributed by atoms with van der Waals surface area (Å²) in [4.78, 5) is 0.229. The van der Waals surface area contributed by atoms with Crippen molar-refractivity contribution in [3.63, 3.8) is 0 Å². The Bertz CT molecular complexity index is 429. The Morgan fingerprint density at radius 2 is 1.65 bits per heavy atom. The van der Waals surface area contributed by atoms with Gasteiger partial charge >= 0.3 is 5.51 Å². The summed E-state index contributed by atoms with van der Waals surface area (Å²) in [6.07, 6.45) is 4.61. The van der Waals surface area contributed by atoms with Crippen LogP contribution in [0.5, 0.6) is 0 Å². The molecule has 5 heteroatoms. The molecule has 1 aliphatic rings. The lowest BCUT2D eigenvalue weighted by atomic mass is 9.75. The van der Waals surface area contributed by atoms with Crippen LogP contribution in [0.25, 0.3) is 0 Å². The lowest BCUT2D eigenvalue weighted by Crippen LogP contribution is -2.29. The van der Waals surface area contributed by atoms with E-state index in [0.717, 1.165) is 18.5 Å². The maximum Gasteiger partial charge on any atom is 0.446 e. The van der Waals surface area contributed by atoms with Gasteiger partial charge in [-0.3, -0.25) is 0 Å². The van der Waals surface area contributed by atoms with Gasteiger partial charge < -0.3 is 5.32 Å². The minimum atomic E-state index is -4.22. The number of rotatable bonds is 3. The molecule has 1 nitrogen and oxygen atoms in total. The summed E-state index contributed by atoms with van der Waals surface area (Å²) in [5.74, 6) is 0. The number of hydrogen-bond donors (Lipinski definition) is 1. The van der Waals surface area contributed by atoms with Gasteiger partial charge in [-0.1, -0.05) is 13.8 Å². The molecule has 0 aromatic heterocycles. The zero-order chi connectivity index (χ0) is 14.8. The molecule has 0 unspecified atom stereocenters. The second-order valence-electron chi connectivity index (χ2n) is 6.16. The number of halogens is 3. The van der Waals surface area contributed by atoms with Crippen molar-refractivity contribution in [1.29, 1.82) is 0 Å². The highest BCUT2D eigenvalue weighted by atomic mass is 32.2. The predicted molar refractivity (Wildman–Crippen MR) is 78.0 cm³/mol. The van der Waals surface area contributed by atoms with Crippen molar-refractivity contribution in [2.75, 3.05) is 5.32 Å². The molecule has 0 amide bonds. The normalized spacial score (nSPS) is 19.9. The van der Waals surface area contributed by atoms with Crippen LogP contribution in [0.1, 0.15) is 39.5 Å². The molecule has 0 atom stereocenters. The van der Waals surface area contributed by atoms with E-state index in [1.54, 1.807) is 12.1 Å². The van der Waals surface area contributed by atoms with Gasteiger partial charge in [-0.05, 0) is 67.1 Å². The largest absolute Gasteiger partial charge is 0.446 e. The molecule has 1 N–H and O–H groups in total. The third-order valence-electron chi connectivity index (χ3n) is 3.80. The van der Waals surface area contributed by atoms with E-state index in [1.807, 2.05) is 0 Å². The monoisotopic (exact) mass is 303 g/mol. The molecule has 20 heavy (non-hydrogen) atoms. The topological polar surface area (TPSA) is 12.0 Å². The van der Waals surface area contributed by atoms with Crippen LogP contribution in [0.2, 0.25) is 0 Å². The second-order valence-corrected chi connectivity index (χ2v) is 7.29. The molecule has 1 saturated carbocycles. The Morgan fingerprint density at radius 3 is 2.15 bits per heavy atom. The zero-order valence-corrected chi connectivity index (χ0v) is 12.6. The Balaban J connectivity index is 1.88. The molecule has 2 rings (SSSR count). The number of benzene rings is 1. The number of thioether (sulfide) groups is 1. The standard InChI is InChI=1S/C15H20F3NS/c1-14(2)9-7-12(8-10-14)19-11-3-5-13(6-4-11)20-15(16,17)18/h3-6,12,19H,7-10H2,1-2H3. The van der Waals surface area contributed by atoms with Gasteiger partial charge in [0, 0.05) is 16.6 Å². The fourth-order valence-electron chi connectivity index (χ4n) is 2.53. The first-order valence-corrected chi connectivity index (χ1v) is 7.68. The summed E-state index contributed by atoms with van der Waals surface area (Å²) in [6, 6.07) is 6.94. The predicted octanol–water partition coefficient (Wildman–Crippen LogP) is 5.68. The SMILES string of the molecule is CC1(C)CCC(Nc2ccc(SC(F)(F)F)cc2)CC1. The van der Waals surface area contributed by atoms with Gasteiger partial charge in [-0.2, -0.15) is 13.2 Å². The van der Waals surface area contributed by atoms with E-state index in [4.69, 9.17) is 0 Å². The first-order valence-electron chi connectivity index (χ1n) is 6.86. The first kappa shape index (κ1) is 15.5. The van der Waals surface area contributed by atoms with Crippen molar-refractivity contribution in [1.82, 2.24) is 0 Å². The molecule has 1 fully saturated rings. The summed E-state index contributed by atoms with van der Waals surface area (Å²) in [7, 11) is 0. The van der Waals surface area contributed by atoms with Gasteiger partial charge in [-0.15, -0.1) is 0 Å². The average molecular weight is 303 g/mol. The van der Waals surface area contributed by atoms with E-state index in [9.17, 15) is 13.2 Å². The Hall–Kier alpha value is -0.840. The third-order valence-corrected chi connectivity index (χ3v) is 4.54. The molecule has 0 bridgehead atoms. The molecule has 1 aromatic rings. The van der Waals surface area contributed by atoms with Crippen molar-refractivity contribution in [2.45, 2.75) is 56.0 Å². The number of nitrogens with one attached hydrogen (secondary N) is 1. The Labute approximate surface area is 122 Å². The van der Waals surface area contributed by atoms with Crippen LogP contribution < -0.4 is 5.32 Å². The van der Waals surface area contributed by atoms with Crippen LogP contribution in [0.15, 0.2) is 29.2 Å². The molecular weight excluding hydrogens is 283 g/mol. The van der Waals surface area contributed by atoms with E-state index in [1.165, 1.54) is 25.0 Å². The highest BCUT2D eigenvalue weighted by Gasteiger charge is 2.29. The summed E-state index contributed by atoms with van der Waals surface area (Å²) in [5, 5.41) is 3.42. The molecule has 0 saturated heterocycles. The summed E-state index contributed by atoms with van der Waals surface area (Å²) in [5.41, 5.74) is -2.89. The molecule has 1 aliphatic carbocycles. The van der Waals surface area contributed by atoms with E-state index in [-0.39, 0.29) is 16.7 Å². The molecule has 0 radical (unpaired) electrons. The van der Waals surface area contributed by atoms with Crippen LogP contribution in [-0.4, -0.2) is 11.6 Å². The average Bonchev–Trinajstić information content (AvgIpc) is 2.32. The maximum absolute atomic E-state index is 12.2. The highest BCUT2D eigenvalue weighted by molar-refractivity contribution is 8.00. The first-order chi connectivity index (χ1) is 9.23. The quantitative estimate of drug-likeness (QED) is 0.721. The van der Waals surface area contributed by atoms with Crippen LogP contribution in [-0.2, 0) is 0 Å². The molecular formula is C15H20F3NS. The summed E-state index contributed by atoms with van der Waals surface area (Å²) in [6.45, 7) is 4.57. The van der Waals surface area contributed by atoms with Gasteiger partial charge in [-0.25, -0.2) is 0 Å². The number of anilines is 1. The third kappa shape index (κ3) is 4.93. The van der Waals surface area contributed by atoms with Crippen LogP contribution in [0.4, 0.5) is 18.9 Å². The van der Waals surface area contributed by atoms with E-state index in [2.05, 4.69) is 19.2 Å². The second kappa shape index (κ2) is 5.88. The van der Waals surface area contributed by atoms with Gasteiger partial charge in [0.1, 0.15) is 0 Å². The van der Waals surface area contributed by atoms with Crippen LogP contribution in [0.3, 0.4) is 0 Å². The fourth-order valence-corrected chi connectivity index (χ4v) is 3.07. The number of alkyl halides is 3. The van der Waals surface area contributed by atoms with Crippen molar-refractivity contribution < 1.29 is 13.2 Å². The van der Waals surface area contributed by atoms with Gasteiger partial charge in [0.15, 0.2) is 0 Å². The summed E-state index contributed by atoms with van der Waals surface area (Å²) >= 11 is -0.0725. The molecule has 0 heterocycles. The Morgan fingerprint density at radius 1 is 1.10 bits per heavy atom. The van der Waals surface area contributed by atoms with Gasteiger partial charge in [0.2, 0.25) is 0 Å². The Kier molecular flexibility index (Phi) is 4.57. The zero-order valence-electron chi connectivity index (χ0n) is 11.8. The minimum absolute atomic E-state index is 0.0725.